The van der Waals surface area contributed by atoms with E-state index in [2.05, 4.69) is 4.99 Å². The topological polar surface area (TPSA) is 78.4 Å². The van der Waals surface area contributed by atoms with Gasteiger partial charge in [-0.15, -0.1) is 0 Å². The first-order valence-corrected chi connectivity index (χ1v) is 8.21. The Morgan fingerprint density at radius 3 is 2.48 bits per heavy atom. The lowest BCUT2D eigenvalue weighted by atomic mass is 10.1. The van der Waals surface area contributed by atoms with E-state index in [1.54, 1.807) is 6.92 Å². The molecule has 2 aromatic carbocycles. The smallest absolute Gasteiger partial charge is 0.271 e. The van der Waals surface area contributed by atoms with Crippen molar-refractivity contribution in [2.45, 2.75) is 13.5 Å². The molecule has 0 saturated heterocycles. The Bertz CT molecular complexity index is 1100. The van der Waals surface area contributed by atoms with Crippen LogP contribution >= 0.6 is 0 Å². The van der Waals surface area contributed by atoms with Gasteiger partial charge in [0.1, 0.15) is 17.4 Å². The van der Waals surface area contributed by atoms with Gasteiger partial charge in [-0.2, -0.15) is 5.26 Å². The lowest BCUT2D eigenvalue weighted by Gasteiger charge is -2.14. The van der Waals surface area contributed by atoms with Gasteiger partial charge >= 0.3 is 0 Å². The Morgan fingerprint density at radius 2 is 1.85 bits per heavy atom. The van der Waals surface area contributed by atoms with Crippen LogP contribution in [-0.2, 0) is 6.54 Å². The molecule has 0 unspecified atom stereocenters. The van der Waals surface area contributed by atoms with Gasteiger partial charge in [0.05, 0.1) is 17.8 Å². The second kappa shape index (κ2) is 7.67. The summed E-state index contributed by atoms with van der Waals surface area (Å²) in [6, 6.07) is 16.6. The predicted octanol–water partition coefficient (Wildman–Crippen LogP) is 3.67. The summed E-state index contributed by atoms with van der Waals surface area (Å²) in [4.78, 5) is 16.8. The third kappa shape index (κ3) is 3.77. The predicted molar refractivity (Wildman–Crippen MR) is 101 cm³/mol. The van der Waals surface area contributed by atoms with Gasteiger partial charge in [-0.1, -0.05) is 30.3 Å². The zero-order chi connectivity index (χ0) is 19.4. The molecular formula is C21H16FN3O2. The van der Waals surface area contributed by atoms with Crippen LogP contribution in [0.5, 0.6) is 5.88 Å². The van der Waals surface area contributed by atoms with Gasteiger partial charge in [0.25, 0.3) is 5.56 Å². The quantitative estimate of drug-likeness (QED) is 0.720. The molecule has 3 rings (SSSR count). The Balaban J connectivity index is 2.10. The van der Waals surface area contributed by atoms with Gasteiger partial charge in [0.15, 0.2) is 0 Å². The van der Waals surface area contributed by atoms with Crippen LogP contribution < -0.4 is 5.56 Å². The first kappa shape index (κ1) is 18.1. The minimum absolute atomic E-state index is 0.0516. The van der Waals surface area contributed by atoms with Crippen LogP contribution in [0.3, 0.4) is 0 Å². The van der Waals surface area contributed by atoms with Crippen molar-refractivity contribution in [2.24, 2.45) is 4.99 Å². The highest BCUT2D eigenvalue weighted by atomic mass is 19.1. The van der Waals surface area contributed by atoms with Gasteiger partial charge in [-0.3, -0.25) is 14.4 Å². The zero-order valence-corrected chi connectivity index (χ0v) is 14.6. The van der Waals surface area contributed by atoms with Crippen LogP contribution in [0.4, 0.5) is 10.1 Å². The Kier molecular flexibility index (Phi) is 5.13. The molecule has 5 nitrogen and oxygen atoms in total. The number of hydrogen-bond acceptors (Lipinski definition) is 4. The van der Waals surface area contributed by atoms with E-state index in [1.165, 1.54) is 30.5 Å². The number of aromatic nitrogens is 1. The van der Waals surface area contributed by atoms with Crippen molar-refractivity contribution in [2.75, 3.05) is 0 Å². The van der Waals surface area contributed by atoms with Gasteiger partial charge in [-0.25, -0.2) is 4.39 Å². The number of benzene rings is 2. The SMILES string of the molecule is Cc1c(C=Nc2ccc(F)cc2)c(O)n(Cc2ccccc2)c(=O)c1C#N. The molecule has 3 aromatic rings. The van der Waals surface area contributed by atoms with Crippen molar-refractivity contribution in [3.63, 3.8) is 0 Å². The first-order valence-electron chi connectivity index (χ1n) is 8.21. The highest BCUT2D eigenvalue weighted by Crippen LogP contribution is 2.22. The molecule has 0 aliphatic heterocycles. The van der Waals surface area contributed by atoms with E-state index in [-0.39, 0.29) is 29.4 Å². The molecule has 0 spiro atoms. The van der Waals surface area contributed by atoms with E-state index in [1.807, 2.05) is 36.4 Å². The molecule has 0 radical (unpaired) electrons. The van der Waals surface area contributed by atoms with Crippen LogP contribution in [0.15, 0.2) is 64.4 Å². The van der Waals surface area contributed by atoms with Crippen LogP contribution in [0.2, 0.25) is 0 Å². The summed E-state index contributed by atoms with van der Waals surface area (Å²) < 4.78 is 14.2. The molecule has 0 fully saturated rings. The number of aliphatic imine (C=N–C) groups is 1. The molecule has 0 atom stereocenters. The highest BCUT2D eigenvalue weighted by molar-refractivity contribution is 5.87. The number of rotatable bonds is 4. The average molecular weight is 361 g/mol. The molecule has 0 saturated carbocycles. The van der Waals surface area contributed by atoms with Crippen LogP contribution in [0, 0.1) is 24.1 Å². The van der Waals surface area contributed by atoms with E-state index in [4.69, 9.17) is 0 Å². The van der Waals surface area contributed by atoms with E-state index in [0.717, 1.165) is 10.1 Å². The first-order chi connectivity index (χ1) is 13.0. The highest BCUT2D eigenvalue weighted by Gasteiger charge is 2.18. The van der Waals surface area contributed by atoms with E-state index in [9.17, 15) is 19.6 Å². The van der Waals surface area contributed by atoms with Gasteiger partial charge in [0, 0.05) is 6.21 Å². The number of nitriles is 1. The Labute approximate surface area is 155 Å². The van der Waals surface area contributed by atoms with Crippen LogP contribution in [-0.4, -0.2) is 15.9 Å². The molecular weight excluding hydrogens is 345 g/mol. The van der Waals surface area contributed by atoms with Crippen molar-refractivity contribution in [1.29, 1.82) is 5.26 Å². The molecule has 27 heavy (non-hydrogen) atoms. The third-order valence-electron chi connectivity index (χ3n) is 4.20. The molecule has 134 valence electrons. The standard InChI is InChI=1S/C21H16FN3O2/c1-14-18(11-23)20(26)25(13-15-5-3-2-4-6-15)21(27)19(14)12-24-17-9-7-16(22)8-10-17/h2-10,12,27H,13H2,1H3. The molecule has 1 aromatic heterocycles. The van der Waals surface area contributed by atoms with E-state index in [0.29, 0.717) is 11.3 Å². The summed E-state index contributed by atoms with van der Waals surface area (Å²) in [5.74, 6) is -0.651. The monoisotopic (exact) mass is 361 g/mol. The minimum Gasteiger partial charge on any atom is -0.494 e. The van der Waals surface area contributed by atoms with Gasteiger partial charge in [-0.05, 0) is 42.3 Å². The second-order valence-corrected chi connectivity index (χ2v) is 5.96. The number of nitrogens with zero attached hydrogens (tertiary/aromatic N) is 3. The maximum absolute atomic E-state index is 13.0. The summed E-state index contributed by atoms with van der Waals surface area (Å²) in [6.07, 6.45) is 1.37. The Hall–Kier alpha value is -3.72. The van der Waals surface area contributed by atoms with Crippen molar-refractivity contribution >= 4 is 11.9 Å². The summed E-state index contributed by atoms with van der Waals surface area (Å²) >= 11 is 0. The van der Waals surface area contributed by atoms with Gasteiger partial charge < -0.3 is 5.11 Å². The van der Waals surface area contributed by atoms with Crippen LogP contribution in [0.1, 0.15) is 22.3 Å². The molecule has 0 aliphatic rings. The van der Waals surface area contributed by atoms with E-state index >= 15 is 0 Å². The lowest BCUT2D eigenvalue weighted by Crippen LogP contribution is -2.25. The van der Waals surface area contributed by atoms with Crippen molar-refractivity contribution < 1.29 is 9.50 Å². The molecule has 1 N–H and O–H groups in total. The fourth-order valence-electron chi connectivity index (χ4n) is 2.70. The van der Waals surface area contributed by atoms with E-state index < -0.39 is 5.56 Å². The number of hydrogen-bond donors (Lipinski definition) is 1. The molecule has 6 heteroatoms. The molecule has 1 heterocycles. The average Bonchev–Trinajstić information content (AvgIpc) is 2.68. The van der Waals surface area contributed by atoms with Crippen molar-refractivity contribution in [3.05, 3.63) is 93.0 Å². The summed E-state index contributed by atoms with van der Waals surface area (Å²) in [7, 11) is 0. The Morgan fingerprint density at radius 1 is 1.19 bits per heavy atom. The summed E-state index contributed by atoms with van der Waals surface area (Å²) in [5, 5.41) is 20.0. The fourth-order valence-corrected chi connectivity index (χ4v) is 2.70. The lowest BCUT2D eigenvalue weighted by molar-refractivity contribution is 0.413. The maximum Gasteiger partial charge on any atom is 0.271 e. The molecule has 0 amide bonds. The third-order valence-corrected chi connectivity index (χ3v) is 4.20. The summed E-state index contributed by atoms with van der Waals surface area (Å²) in [6.45, 7) is 1.70. The maximum atomic E-state index is 13.0. The molecule has 0 aliphatic carbocycles. The minimum atomic E-state index is -0.560. The fraction of sp³-hybridized carbons (Fsp3) is 0.0952. The van der Waals surface area contributed by atoms with Crippen LogP contribution in [0.25, 0.3) is 0 Å². The zero-order valence-electron chi connectivity index (χ0n) is 14.6. The number of aromatic hydroxyl groups is 1. The normalized spacial score (nSPS) is 10.9. The second-order valence-electron chi connectivity index (χ2n) is 5.96. The summed E-state index contributed by atoms with van der Waals surface area (Å²) in [5.41, 5.74) is 1.29. The van der Waals surface area contributed by atoms with Gasteiger partial charge in [0.2, 0.25) is 5.88 Å². The van der Waals surface area contributed by atoms with Crippen molar-refractivity contribution in [1.82, 2.24) is 4.57 Å². The number of halogens is 1. The number of pyridine rings is 1. The molecule has 0 bridgehead atoms. The largest absolute Gasteiger partial charge is 0.494 e. The van der Waals surface area contributed by atoms with Crippen molar-refractivity contribution in [3.8, 4) is 11.9 Å².